The molecule has 1 fully saturated rings. The van der Waals surface area contributed by atoms with E-state index < -0.39 is 5.60 Å². The molecule has 1 rings (SSSR count). The highest BCUT2D eigenvalue weighted by Gasteiger charge is 2.49. The predicted octanol–water partition coefficient (Wildman–Crippen LogP) is 2.53. The minimum atomic E-state index is -0.487. The number of ether oxygens (including phenoxy) is 2. The number of carbonyl (C=O) groups excluding carboxylic acids is 1. The first-order chi connectivity index (χ1) is 9.43. The van der Waals surface area contributed by atoms with Crippen molar-refractivity contribution in [1.29, 1.82) is 0 Å². The molecule has 0 aromatic rings. The summed E-state index contributed by atoms with van der Waals surface area (Å²) >= 11 is 0. The minimum absolute atomic E-state index is 0.0645. The number of carbonyl (C=O) groups is 1. The van der Waals surface area contributed by atoms with Gasteiger partial charge in [0.1, 0.15) is 12.2 Å². The third-order valence-electron chi connectivity index (χ3n) is 3.42. The van der Waals surface area contributed by atoms with Gasteiger partial charge in [0.2, 0.25) is 0 Å². The van der Waals surface area contributed by atoms with E-state index in [4.69, 9.17) is 18.8 Å². The molecule has 0 aromatic carbocycles. The summed E-state index contributed by atoms with van der Waals surface area (Å²) in [5.41, 5.74) is -1.18. The van der Waals surface area contributed by atoms with E-state index in [1.54, 1.807) is 12.1 Å². The molecule has 0 aliphatic carbocycles. The monoisotopic (exact) mass is 298 g/mol. The molecule has 0 saturated carbocycles. The van der Waals surface area contributed by atoms with Crippen LogP contribution in [0.15, 0.2) is 12.1 Å². The molecule has 120 valence electrons. The van der Waals surface area contributed by atoms with Crippen molar-refractivity contribution in [2.75, 3.05) is 13.2 Å². The van der Waals surface area contributed by atoms with Gasteiger partial charge in [0.25, 0.3) is 0 Å². The van der Waals surface area contributed by atoms with E-state index in [1.165, 1.54) is 0 Å². The maximum atomic E-state index is 11.4. The number of hydrogen-bond donors (Lipinski definition) is 0. The summed E-state index contributed by atoms with van der Waals surface area (Å²) in [6.07, 6.45) is 1.78. The summed E-state index contributed by atoms with van der Waals surface area (Å²) in [7, 11) is -0.389. The SMILES string of the molecule is CC(C)(C)OC(=O)COCC=CB1OC(C)(C)C(C)(C)O1. The molecule has 0 radical (unpaired) electrons. The van der Waals surface area contributed by atoms with E-state index >= 15 is 0 Å². The Morgan fingerprint density at radius 3 is 2.14 bits per heavy atom. The molecule has 1 heterocycles. The zero-order chi connectivity index (χ0) is 16.3. The summed E-state index contributed by atoms with van der Waals surface area (Å²) in [5.74, 6) is 1.43. The van der Waals surface area contributed by atoms with Gasteiger partial charge in [0.05, 0.1) is 17.8 Å². The second-order valence-electron chi connectivity index (χ2n) is 7.15. The standard InChI is InChI=1S/C15H27BO5/c1-13(2,3)19-12(17)11-18-10-8-9-16-20-14(4,5)15(6,7)21-16/h8-9H,10-11H2,1-7H3. The Hall–Kier alpha value is -0.845. The van der Waals surface area contributed by atoms with Gasteiger partial charge in [-0.25, -0.2) is 4.79 Å². The lowest BCUT2D eigenvalue weighted by Crippen LogP contribution is -2.41. The summed E-state index contributed by atoms with van der Waals surface area (Å²) < 4.78 is 22.0. The lowest BCUT2D eigenvalue weighted by atomic mass is 9.90. The van der Waals surface area contributed by atoms with Crippen molar-refractivity contribution in [1.82, 2.24) is 0 Å². The van der Waals surface area contributed by atoms with E-state index in [0.717, 1.165) is 0 Å². The van der Waals surface area contributed by atoms with Gasteiger partial charge in [-0.1, -0.05) is 12.1 Å². The summed E-state index contributed by atoms with van der Waals surface area (Å²) in [5, 5.41) is 0. The summed E-state index contributed by atoms with van der Waals surface area (Å²) in [6.45, 7) is 13.7. The fourth-order valence-corrected chi connectivity index (χ4v) is 1.72. The third-order valence-corrected chi connectivity index (χ3v) is 3.42. The molecule has 0 unspecified atom stereocenters. The molecule has 1 saturated heterocycles. The number of rotatable bonds is 5. The molecule has 0 spiro atoms. The van der Waals surface area contributed by atoms with Gasteiger partial charge < -0.3 is 18.8 Å². The van der Waals surface area contributed by atoms with Gasteiger partial charge in [0, 0.05) is 0 Å². The highest BCUT2D eigenvalue weighted by Crippen LogP contribution is 2.36. The molecule has 0 bridgehead atoms. The third kappa shape index (κ3) is 5.81. The van der Waals surface area contributed by atoms with E-state index in [2.05, 4.69) is 0 Å². The molecule has 0 atom stereocenters. The van der Waals surface area contributed by atoms with Crippen molar-refractivity contribution >= 4 is 13.1 Å². The van der Waals surface area contributed by atoms with Crippen LogP contribution in [0.3, 0.4) is 0 Å². The molecule has 0 amide bonds. The first kappa shape index (κ1) is 18.2. The smallest absolute Gasteiger partial charge is 0.458 e. The van der Waals surface area contributed by atoms with Gasteiger partial charge in [-0.15, -0.1) is 0 Å². The van der Waals surface area contributed by atoms with Crippen LogP contribution in [-0.4, -0.2) is 43.1 Å². The average molecular weight is 298 g/mol. The van der Waals surface area contributed by atoms with Crippen molar-refractivity contribution in [3.8, 4) is 0 Å². The Kier molecular flexibility index (Phi) is 5.64. The van der Waals surface area contributed by atoms with Crippen LogP contribution in [0.4, 0.5) is 0 Å². The quantitative estimate of drug-likeness (QED) is 0.443. The Bertz CT molecular complexity index is 379. The topological polar surface area (TPSA) is 54.0 Å². The van der Waals surface area contributed by atoms with Crippen LogP contribution in [0.25, 0.3) is 0 Å². The zero-order valence-corrected chi connectivity index (χ0v) is 14.2. The van der Waals surface area contributed by atoms with E-state index in [-0.39, 0.29) is 30.9 Å². The van der Waals surface area contributed by atoms with Crippen molar-refractivity contribution in [3.05, 3.63) is 12.1 Å². The van der Waals surface area contributed by atoms with Crippen LogP contribution in [0.2, 0.25) is 0 Å². The van der Waals surface area contributed by atoms with Gasteiger partial charge in [0.15, 0.2) is 0 Å². The molecular weight excluding hydrogens is 271 g/mol. The van der Waals surface area contributed by atoms with Crippen LogP contribution in [0.1, 0.15) is 48.5 Å². The summed E-state index contributed by atoms with van der Waals surface area (Å²) in [6, 6.07) is 0. The second-order valence-corrected chi connectivity index (χ2v) is 7.15. The molecule has 1 aliphatic rings. The zero-order valence-electron chi connectivity index (χ0n) is 14.2. The van der Waals surface area contributed by atoms with Crippen molar-refractivity contribution in [2.24, 2.45) is 0 Å². The Labute approximate surface area is 128 Å². The maximum absolute atomic E-state index is 11.4. The Morgan fingerprint density at radius 1 is 1.14 bits per heavy atom. The Morgan fingerprint density at radius 2 is 1.67 bits per heavy atom. The minimum Gasteiger partial charge on any atom is -0.458 e. The molecule has 5 nitrogen and oxygen atoms in total. The highest BCUT2D eigenvalue weighted by molar-refractivity contribution is 6.51. The molecule has 1 aliphatic heterocycles. The van der Waals surface area contributed by atoms with Gasteiger partial charge >= 0.3 is 13.1 Å². The van der Waals surface area contributed by atoms with Crippen LogP contribution >= 0.6 is 0 Å². The normalized spacial score (nSPS) is 21.0. The van der Waals surface area contributed by atoms with Gasteiger partial charge in [-0.05, 0) is 48.5 Å². The van der Waals surface area contributed by atoms with E-state index in [0.29, 0.717) is 6.61 Å². The van der Waals surface area contributed by atoms with Gasteiger partial charge in [-0.2, -0.15) is 0 Å². The fraction of sp³-hybridized carbons (Fsp3) is 0.800. The lowest BCUT2D eigenvalue weighted by molar-refractivity contribution is -0.159. The largest absolute Gasteiger partial charge is 0.486 e. The molecule has 0 N–H and O–H groups in total. The van der Waals surface area contributed by atoms with Crippen LogP contribution in [0, 0.1) is 0 Å². The highest BCUT2D eigenvalue weighted by atomic mass is 16.7. The lowest BCUT2D eigenvalue weighted by Gasteiger charge is -2.32. The fourth-order valence-electron chi connectivity index (χ4n) is 1.72. The molecule has 21 heavy (non-hydrogen) atoms. The van der Waals surface area contributed by atoms with Crippen LogP contribution in [0.5, 0.6) is 0 Å². The number of hydrogen-bond acceptors (Lipinski definition) is 5. The van der Waals surface area contributed by atoms with Crippen molar-refractivity contribution in [2.45, 2.75) is 65.3 Å². The first-order valence-electron chi connectivity index (χ1n) is 7.25. The van der Waals surface area contributed by atoms with Gasteiger partial charge in [-0.3, -0.25) is 0 Å². The molecule has 0 aromatic heterocycles. The number of esters is 1. The first-order valence-corrected chi connectivity index (χ1v) is 7.25. The average Bonchev–Trinajstić information content (AvgIpc) is 2.44. The van der Waals surface area contributed by atoms with E-state index in [9.17, 15) is 4.79 Å². The van der Waals surface area contributed by atoms with Crippen LogP contribution < -0.4 is 0 Å². The summed E-state index contributed by atoms with van der Waals surface area (Å²) in [4.78, 5) is 11.4. The Balaban J connectivity index is 2.27. The van der Waals surface area contributed by atoms with Crippen molar-refractivity contribution in [3.63, 3.8) is 0 Å². The predicted molar refractivity (Wildman–Crippen MR) is 81.9 cm³/mol. The maximum Gasteiger partial charge on any atom is 0.486 e. The van der Waals surface area contributed by atoms with E-state index in [1.807, 2.05) is 48.5 Å². The second kappa shape index (κ2) is 6.50. The van der Waals surface area contributed by atoms with Crippen LogP contribution in [-0.2, 0) is 23.6 Å². The molecular formula is C15H27BO5. The van der Waals surface area contributed by atoms with Crippen molar-refractivity contribution < 1.29 is 23.6 Å². The molecule has 6 heteroatoms.